The fourth-order valence-corrected chi connectivity index (χ4v) is 4.74. The van der Waals surface area contributed by atoms with Crippen LogP contribution in [-0.4, -0.2) is 56.7 Å². The zero-order chi connectivity index (χ0) is 34.9. The lowest BCUT2D eigenvalue weighted by Crippen LogP contribution is -2.22. The van der Waals surface area contributed by atoms with Gasteiger partial charge in [0.25, 0.3) is 5.91 Å². The van der Waals surface area contributed by atoms with E-state index in [1.54, 1.807) is 41.6 Å². The number of H-pyrrole nitrogens is 1. The molecule has 0 fully saturated rings. The van der Waals surface area contributed by atoms with Crippen LogP contribution in [0.4, 0.5) is 10.1 Å². The number of aryl methyl sites for hydroxylation is 2. The van der Waals surface area contributed by atoms with Gasteiger partial charge in [0.15, 0.2) is 0 Å². The molecule has 5 aromatic rings. The normalized spacial score (nSPS) is 12.7. The molecule has 11 N–H and O–H groups in total. The van der Waals surface area contributed by atoms with E-state index in [1.165, 1.54) is 35.3 Å². The molecule has 0 spiro atoms. The molecule has 5 rings (SSSR count). The number of hydrogen-bond acceptors (Lipinski definition) is 11. The van der Waals surface area contributed by atoms with E-state index < -0.39 is 23.3 Å². The minimum Gasteiger partial charge on any atom is -0.478 e. The van der Waals surface area contributed by atoms with Gasteiger partial charge in [0.2, 0.25) is 5.82 Å². The average molecular weight is 666 g/mol. The van der Waals surface area contributed by atoms with Crippen LogP contribution in [0.5, 0.6) is 0 Å². The Labute approximate surface area is 278 Å². The van der Waals surface area contributed by atoms with Gasteiger partial charge in [-0.1, -0.05) is 12.1 Å². The minimum atomic E-state index is -1.42. The lowest BCUT2D eigenvalue weighted by atomic mass is 9.96. The monoisotopic (exact) mass is 665 g/mol. The molecule has 0 aliphatic heterocycles. The molecule has 2 aromatic carbocycles. The van der Waals surface area contributed by atoms with Crippen LogP contribution in [0, 0.1) is 5.82 Å². The SMILES string of the molecule is N/C(=C\C=C(/N)n1ccnc1)C(=O)Nc1cc(CCCc2ccc(-c3nn[nH]n3)c(/C(N)=C/C=C(\N)n3ccnc3)c2)c(F)cc1C(=O)O. The summed E-state index contributed by atoms with van der Waals surface area (Å²) < 4.78 is 18.2. The highest BCUT2D eigenvalue weighted by Gasteiger charge is 2.18. The smallest absolute Gasteiger partial charge is 0.337 e. The highest BCUT2D eigenvalue weighted by Crippen LogP contribution is 2.27. The molecule has 3 aromatic heterocycles. The van der Waals surface area contributed by atoms with Gasteiger partial charge in [0.1, 0.15) is 30.1 Å². The largest absolute Gasteiger partial charge is 0.478 e. The number of carbonyl (C=O) groups excluding carboxylic acids is 1. The molecule has 0 saturated carbocycles. The molecule has 16 nitrogen and oxygen atoms in total. The number of anilines is 1. The van der Waals surface area contributed by atoms with Crippen molar-refractivity contribution in [1.29, 1.82) is 0 Å². The summed E-state index contributed by atoms with van der Waals surface area (Å²) in [4.78, 5) is 32.5. The summed E-state index contributed by atoms with van der Waals surface area (Å²) >= 11 is 0. The number of amides is 1. The van der Waals surface area contributed by atoms with E-state index in [-0.39, 0.29) is 29.2 Å². The summed E-state index contributed by atoms with van der Waals surface area (Å²) in [7, 11) is 0. The first kappa shape index (κ1) is 33.3. The van der Waals surface area contributed by atoms with Gasteiger partial charge in [-0.3, -0.25) is 13.9 Å². The molecule has 0 unspecified atom stereocenters. The Morgan fingerprint density at radius 3 is 2.20 bits per heavy atom. The number of allylic oxidation sites excluding steroid dienone is 4. The van der Waals surface area contributed by atoms with Crippen molar-refractivity contribution < 1.29 is 19.1 Å². The Hall–Kier alpha value is -7.04. The molecular formula is C32H32FN13O3. The molecule has 0 atom stereocenters. The van der Waals surface area contributed by atoms with Gasteiger partial charge < -0.3 is 33.4 Å². The molecular weight excluding hydrogens is 633 g/mol. The number of hydrogen-bond donors (Lipinski definition) is 7. The maximum Gasteiger partial charge on any atom is 0.337 e. The molecule has 17 heteroatoms. The van der Waals surface area contributed by atoms with Crippen LogP contribution in [0.2, 0.25) is 0 Å². The number of carbonyl (C=O) groups is 2. The summed E-state index contributed by atoms with van der Waals surface area (Å²) in [5.41, 5.74) is 26.4. The van der Waals surface area contributed by atoms with E-state index in [0.29, 0.717) is 41.3 Å². The molecule has 0 aliphatic carbocycles. The van der Waals surface area contributed by atoms with Crippen molar-refractivity contribution in [3.05, 3.63) is 126 Å². The lowest BCUT2D eigenvalue weighted by molar-refractivity contribution is -0.112. The highest BCUT2D eigenvalue weighted by molar-refractivity contribution is 6.07. The van der Waals surface area contributed by atoms with Crippen molar-refractivity contribution in [1.82, 2.24) is 39.7 Å². The quantitative estimate of drug-likeness (QED) is 0.0706. The highest BCUT2D eigenvalue weighted by atomic mass is 19.1. The van der Waals surface area contributed by atoms with Gasteiger partial charge in [-0.25, -0.2) is 19.2 Å². The van der Waals surface area contributed by atoms with Crippen molar-refractivity contribution in [3.63, 3.8) is 0 Å². The number of nitrogens with zero attached hydrogens (tertiary/aromatic N) is 7. The van der Waals surface area contributed by atoms with Crippen molar-refractivity contribution in [2.45, 2.75) is 19.3 Å². The van der Waals surface area contributed by atoms with E-state index in [1.807, 2.05) is 18.2 Å². The molecule has 0 radical (unpaired) electrons. The number of nitrogens with one attached hydrogen (secondary N) is 2. The number of nitrogens with two attached hydrogens (primary N) is 4. The first-order valence-electron chi connectivity index (χ1n) is 14.7. The fraction of sp³-hybridized carbons (Fsp3) is 0.0938. The third-order valence-corrected chi connectivity index (χ3v) is 7.29. The summed E-state index contributed by atoms with van der Waals surface area (Å²) in [5.74, 6) is -1.96. The van der Waals surface area contributed by atoms with Gasteiger partial charge in [0, 0.05) is 41.6 Å². The molecule has 1 amide bonds. The topological polar surface area (TPSA) is 261 Å². The molecule has 0 aliphatic rings. The van der Waals surface area contributed by atoms with Crippen LogP contribution in [0.15, 0.2) is 97.8 Å². The van der Waals surface area contributed by atoms with Gasteiger partial charge in [0.05, 0.1) is 16.9 Å². The van der Waals surface area contributed by atoms with Gasteiger partial charge >= 0.3 is 5.97 Å². The number of benzene rings is 2. The number of aromatic nitrogens is 8. The Bertz CT molecular complexity index is 2060. The molecule has 0 saturated heterocycles. The Morgan fingerprint density at radius 2 is 1.59 bits per heavy atom. The van der Waals surface area contributed by atoms with Crippen molar-refractivity contribution in [3.8, 4) is 11.4 Å². The Kier molecular flexibility index (Phi) is 10.2. The third-order valence-electron chi connectivity index (χ3n) is 7.29. The zero-order valence-corrected chi connectivity index (χ0v) is 25.9. The molecule has 49 heavy (non-hydrogen) atoms. The fourth-order valence-electron chi connectivity index (χ4n) is 4.74. The number of imidazole rings is 2. The van der Waals surface area contributed by atoms with Gasteiger partial charge in [-0.2, -0.15) is 5.21 Å². The number of carboxylic acid groups (broad SMARTS) is 1. The van der Waals surface area contributed by atoms with E-state index in [0.717, 1.165) is 11.6 Å². The van der Waals surface area contributed by atoms with E-state index in [2.05, 4.69) is 35.9 Å². The van der Waals surface area contributed by atoms with Gasteiger partial charge in [-0.15, -0.1) is 10.2 Å². The van der Waals surface area contributed by atoms with Crippen molar-refractivity contribution in [2.24, 2.45) is 22.9 Å². The van der Waals surface area contributed by atoms with Gasteiger partial charge in [-0.05, 0) is 78.1 Å². The second-order valence-corrected chi connectivity index (χ2v) is 10.6. The third kappa shape index (κ3) is 8.22. The summed E-state index contributed by atoms with van der Waals surface area (Å²) in [6.45, 7) is 0. The van der Waals surface area contributed by atoms with Crippen LogP contribution in [0.1, 0.15) is 33.5 Å². The molecule has 0 bridgehead atoms. The number of aromatic carboxylic acids is 1. The average Bonchev–Trinajstić information content (AvgIpc) is 3.91. The van der Waals surface area contributed by atoms with Crippen LogP contribution in [0.3, 0.4) is 0 Å². The second-order valence-electron chi connectivity index (χ2n) is 10.6. The predicted molar refractivity (Wildman–Crippen MR) is 179 cm³/mol. The maximum absolute atomic E-state index is 15.1. The number of aromatic amines is 1. The standard InChI is InChI=1S/C32H32FN13O3/c33-24-16-23(32(48)49)27(40-31(47)26(35)7-9-29(37)46-13-11-39-18-46)15-20(24)3-1-2-19-4-5-21(30-41-43-44-42-30)22(14-19)25(34)6-8-28(36)45-12-10-38-17-45/h4-18H,1-3,34-37H2,(H,40,47)(H,48,49)(H,41,42,43,44)/b25-6-,26-7-,28-8+,29-9+. The number of halogens is 1. The summed E-state index contributed by atoms with van der Waals surface area (Å²) in [6.07, 6.45) is 16.6. The number of rotatable bonds is 13. The van der Waals surface area contributed by atoms with E-state index in [9.17, 15) is 14.7 Å². The number of carboxylic acids is 1. The molecule has 250 valence electrons. The lowest BCUT2D eigenvalue weighted by Gasteiger charge is -2.13. The zero-order valence-electron chi connectivity index (χ0n) is 25.9. The maximum atomic E-state index is 15.1. The predicted octanol–water partition coefficient (Wildman–Crippen LogP) is 2.27. The van der Waals surface area contributed by atoms with Crippen molar-refractivity contribution >= 4 is 34.9 Å². The number of tetrazole rings is 1. The first-order valence-corrected chi connectivity index (χ1v) is 14.7. The van der Waals surface area contributed by atoms with Crippen molar-refractivity contribution in [2.75, 3.05) is 5.32 Å². The summed E-state index contributed by atoms with van der Waals surface area (Å²) in [5, 5.41) is 26.4. The second kappa shape index (κ2) is 15.0. The minimum absolute atomic E-state index is 0.107. The van der Waals surface area contributed by atoms with Crippen LogP contribution in [-0.2, 0) is 17.6 Å². The van der Waals surface area contributed by atoms with E-state index in [4.69, 9.17) is 22.9 Å². The van der Waals surface area contributed by atoms with Crippen LogP contribution < -0.4 is 28.3 Å². The van der Waals surface area contributed by atoms with Crippen LogP contribution in [0.25, 0.3) is 28.7 Å². The van der Waals surface area contributed by atoms with Crippen LogP contribution >= 0.6 is 0 Å². The first-order chi connectivity index (χ1) is 23.6. The summed E-state index contributed by atoms with van der Waals surface area (Å²) in [6, 6.07) is 7.72. The Morgan fingerprint density at radius 1 is 0.898 bits per heavy atom. The Balaban J connectivity index is 1.32. The van der Waals surface area contributed by atoms with E-state index >= 15 is 4.39 Å². The molecule has 3 heterocycles.